The van der Waals surface area contributed by atoms with E-state index in [-0.39, 0.29) is 6.04 Å². The lowest BCUT2D eigenvalue weighted by atomic mass is 9.98. The third-order valence-electron chi connectivity index (χ3n) is 4.40. The second kappa shape index (κ2) is 6.17. The van der Waals surface area contributed by atoms with Crippen LogP contribution in [0.15, 0.2) is 82.4 Å². The normalized spacial score (nSPS) is 18.5. The van der Waals surface area contributed by atoms with E-state index < -0.39 is 10.0 Å². The van der Waals surface area contributed by atoms with E-state index in [1.54, 1.807) is 21.8 Å². The molecule has 0 radical (unpaired) electrons. The number of fused-ring (bicyclic) bond motifs is 1. The van der Waals surface area contributed by atoms with Crippen LogP contribution in [0.1, 0.15) is 29.7 Å². The van der Waals surface area contributed by atoms with E-state index in [2.05, 4.69) is 0 Å². The summed E-state index contributed by atoms with van der Waals surface area (Å²) in [7, 11) is -3.64. The zero-order valence-corrected chi connectivity index (χ0v) is 15.3. The van der Waals surface area contributed by atoms with Crippen LogP contribution in [-0.2, 0) is 10.0 Å². The molecule has 25 heavy (non-hydrogen) atoms. The lowest BCUT2D eigenvalue weighted by Crippen LogP contribution is -2.29. The molecule has 1 aliphatic rings. The van der Waals surface area contributed by atoms with Crippen molar-refractivity contribution in [2.75, 3.05) is 0 Å². The van der Waals surface area contributed by atoms with Gasteiger partial charge >= 0.3 is 0 Å². The first-order chi connectivity index (χ1) is 12.1. The Kier molecular flexibility index (Phi) is 3.98. The number of nitrogens with zero attached hydrogens (tertiary/aromatic N) is 1. The van der Waals surface area contributed by atoms with Gasteiger partial charge < -0.3 is 0 Å². The highest BCUT2D eigenvalue weighted by atomic mass is 32.2. The minimum atomic E-state index is -3.64. The van der Waals surface area contributed by atoms with Gasteiger partial charge in [0.25, 0.3) is 10.0 Å². The van der Waals surface area contributed by atoms with Crippen LogP contribution in [0.5, 0.6) is 0 Å². The third-order valence-corrected chi connectivity index (χ3v) is 7.55. The fourth-order valence-electron chi connectivity index (χ4n) is 3.36. The summed E-state index contributed by atoms with van der Waals surface area (Å²) in [6.45, 7) is 1.89. The zero-order valence-electron chi connectivity index (χ0n) is 13.7. The van der Waals surface area contributed by atoms with Crippen LogP contribution >= 0.6 is 11.3 Å². The SMILES string of the molecule is CC=C1c2ccccc2C(c2ccccc2)N1S(=O)(=O)c1cccs1. The fourth-order valence-corrected chi connectivity index (χ4v) is 6.12. The predicted octanol–water partition coefficient (Wildman–Crippen LogP) is 4.90. The summed E-state index contributed by atoms with van der Waals surface area (Å²) in [5, 5.41) is 1.79. The van der Waals surface area contributed by atoms with Crippen molar-refractivity contribution in [2.24, 2.45) is 0 Å². The second-order valence-corrected chi connectivity index (χ2v) is 8.80. The Labute approximate surface area is 151 Å². The Balaban J connectivity index is 1.98. The van der Waals surface area contributed by atoms with Crippen LogP contribution in [0, 0.1) is 0 Å². The molecule has 0 amide bonds. The maximum atomic E-state index is 13.4. The van der Waals surface area contributed by atoms with Crippen LogP contribution in [0.3, 0.4) is 0 Å². The van der Waals surface area contributed by atoms with Crippen molar-refractivity contribution in [1.82, 2.24) is 4.31 Å². The number of hydrogen-bond acceptors (Lipinski definition) is 3. The van der Waals surface area contributed by atoms with Gasteiger partial charge in [0.1, 0.15) is 4.21 Å². The molecule has 2 heterocycles. The number of thiophene rings is 1. The molecule has 0 saturated heterocycles. The van der Waals surface area contributed by atoms with E-state index >= 15 is 0 Å². The summed E-state index contributed by atoms with van der Waals surface area (Å²) in [4.78, 5) is 0. The maximum absolute atomic E-state index is 13.4. The Morgan fingerprint density at radius 3 is 2.36 bits per heavy atom. The average Bonchev–Trinajstić information content (AvgIpc) is 3.29. The molecule has 0 saturated carbocycles. The third kappa shape index (κ3) is 2.51. The van der Waals surface area contributed by atoms with Crippen molar-refractivity contribution in [3.8, 4) is 0 Å². The van der Waals surface area contributed by atoms with Gasteiger partial charge in [-0.15, -0.1) is 11.3 Å². The first kappa shape index (κ1) is 16.1. The average molecular weight is 367 g/mol. The maximum Gasteiger partial charge on any atom is 0.274 e. The molecule has 0 bridgehead atoms. The summed E-state index contributed by atoms with van der Waals surface area (Å²) in [6.07, 6.45) is 1.88. The predicted molar refractivity (Wildman–Crippen MR) is 102 cm³/mol. The molecule has 0 spiro atoms. The van der Waals surface area contributed by atoms with Gasteiger partial charge in [0.2, 0.25) is 0 Å². The molecule has 1 aromatic heterocycles. The molecule has 2 aromatic carbocycles. The van der Waals surface area contributed by atoms with Crippen molar-refractivity contribution in [3.63, 3.8) is 0 Å². The van der Waals surface area contributed by atoms with E-state index in [4.69, 9.17) is 0 Å². The molecule has 0 N–H and O–H groups in total. The fraction of sp³-hybridized carbons (Fsp3) is 0.100. The standard InChI is InChI=1S/C20H17NO2S2/c1-2-18-16-11-6-7-12-17(16)20(15-9-4-3-5-10-15)21(18)25(22,23)19-13-8-14-24-19/h2-14,20H,1H3. The summed E-state index contributed by atoms with van der Waals surface area (Å²) >= 11 is 1.25. The Morgan fingerprint density at radius 1 is 0.960 bits per heavy atom. The van der Waals surface area contributed by atoms with Gasteiger partial charge in [0.05, 0.1) is 11.7 Å². The summed E-state index contributed by atoms with van der Waals surface area (Å²) < 4.78 is 28.8. The van der Waals surface area contributed by atoms with Crippen LogP contribution in [-0.4, -0.2) is 12.7 Å². The summed E-state index contributed by atoms with van der Waals surface area (Å²) in [5.41, 5.74) is 3.69. The van der Waals surface area contributed by atoms with Gasteiger partial charge in [-0.3, -0.25) is 4.31 Å². The minimum Gasteiger partial charge on any atom is -0.253 e. The van der Waals surface area contributed by atoms with Crippen LogP contribution in [0.25, 0.3) is 5.70 Å². The van der Waals surface area contributed by atoms with Gasteiger partial charge in [-0.1, -0.05) is 66.7 Å². The van der Waals surface area contributed by atoms with Crippen molar-refractivity contribution in [2.45, 2.75) is 17.2 Å². The van der Waals surface area contributed by atoms with E-state index in [9.17, 15) is 8.42 Å². The lowest BCUT2D eigenvalue weighted by molar-refractivity contribution is 0.482. The molecule has 5 heteroatoms. The highest BCUT2D eigenvalue weighted by Crippen LogP contribution is 2.48. The smallest absolute Gasteiger partial charge is 0.253 e. The minimum absolute atomic E-state index is 0.351. The molecule has 1 aliphatic heterocycles. The molecular weight excluding hydrogens is 350 g/mol. The van der Waals surface area contributed by atoms with E-state index in [0.29, 0.717) is 4.21 Å². The van der Waals surface area contributed by atoms with Crippen LogP contribution < -0.4 is 0 Å². The Hall–Kier alpha value is -2.37. The number of rotatable bonds is 3. The number of sulfonamides is 1. The van der Waals surface area contributed by atoms with Gasteiger partial charge in [-0.05, 0) is 29.5 Å². The number of benzene rings is 2. The van der Waals surface area contributed by atoms with Crippen LogP contribution in [0.2, 0.25) is 0 Å². The Bertz CT molecular complexity index is 1020. The second-order valence-electron chi connectivity index (χ2n) is 5.81. The lowest BCUT2D eigenvalue weighted by Gasteiger charge is -2.27. The Morgan fingerprint density at radius 2 is 1.68 bits per heavy atom. The summed E-state index contributed by atoms with van der Waals surface area (Å²) in [6, 6.07) is 20.8. The number of allylic oxidation sites excluding steroid dienone is 1. The van der Waals surface area contributed by atoms with Gasteiger partial charge in [-0.25, -0.2) is 8.42 Å². The number of hydrogen-bond donors (Lipinski definition) is 0. The van der Waals surface area contributed by atoms with Gasteiger partial charge in [-0.2, -0.15) is 0 Å². The molecule has 1 atom stereocenters. The zero-order chi connectivity index (χ0) is 17.4. The van der Waals surface area contributed by atoms with Crippen molar-refractivity contribution in [3.05, 3.63) is 94.9 Å². The van der Waals surface area contributed by atoms with E-state index in [1.807, 2.05) is 67.6 Å². The molecular formula is C20H17NO2S2. The van der Waals surface area contributed by atoms with Gasteiger partial charge in [0.15, 0.2) is 0 Å². The monoisotopic (exact) mass is 367 g/mol. The van der Waals surface area contributed by atoms with E-state index in [0.717, 1.165) is 22.4 Å². The molecule has 3 nitrogen and oxygen atoms in total. The molecule has 4 rings (SSSR count). The highest BCUT2D eigenvalue weighted by molar-refractivity contribution is 7.91. The molecule has 0 fully saturated rings. The van der Waals surface area contributed by atoms with Crippen molar-refractivity contribution < 1.29 is 8.42 Å². The first-order valence-electron chi connectivity index (χ1n) is 8.03. The topological polar surface area (TPSA) is 37.4 Å². The van der Waals surface area contributed by atoms with Crippen LogP contribution in [0.4, 0.5) is 0 Å². The highest BCUT2D eigenvalue weighted by Gasteiger charge is 2.42. The van der Waals surface area contributed by atoms with Crippen molar-refractivity contribution in [1.29, 1.82) is 0 Å². The molecule has 1 unspecified atom stereocenters. The quantitative estimate of drug-likeness (QED) is 0.660. The molecule has 0 aliphatic carbocycles. The molecule has 126 valence electrons. The van der Waals surface area contributed by atoms with E-state index in [1.165, 1.54) is 11.3 Å². The van der Waals surface area contributed by atoms with Gasteiger partial charge in [0, 0.05) is 5.56 Å². The molecule has 3 aromatic rings. The first-order valence-corrected chi connectivity index (χ1v) is 10.3. The summed E-state index contributed by atoms with van der Waals surface area (Å²) in [5.74, 6) is 0. The van der Waals surface area contributed by atoms with Crippen molar-refractivity contribution >= 4 is 27.1 Å². The largest absolute Gasteiger partial charge is 0.274 e.